The molecule has 5 nitrogen and oxygen atoms in total. The van der Waals surface area contributed by atoms with Gasteiger partial charge in [0.15, 0.2) is 5.79 Å². The zero-order valence-corrected chi connectivity index (χ0v) is 17.3. The van der Waals surface area contributed by atoms with Crippen LogP contribution >= 0.6 is 0 Å². The van der Waals surface area contributed by atoms with Crippen molar-refractivity contribution in [3.8, 4) is 0 Å². The number of hydrogen-bond acceptors (Lipinski definition) is 5. The highest BCUT2D eigenvalue weighted by Crippen LogP contribution is 2.74. The number of ketones is 1. The summed E-state index contributed by atoms with van der Waals surface area (Å²) in [4.78, 5) is 12.8. The van der Waals surface area contributed by atoms with Gasteiger partial charge in [0.25, 0.3) is 0 Å². The monoisotopic (exact) mass is 366 g/mol. The lowest BCUT2D eigenvalue weighted by molar-refractivity contribution is -0.252. The second-order valence-electron chi connectivity index (χ2n) is 10.2. The molecular formula is C21H34O5. The van der Waals surface area contributed by atoms with Crippen LogP contribution in [0.25, 0.3) is 0 Å². The summed E-state index contributed by atoms with van der Waals surface area (Å²) in [5.41, 5.74) is -1.37. The van der Waals surface area contributed by atoms with Gasteiger partial charge in [0.2, 0.25) is 0 Å². The maximum absolute atomic E-state index is 12.8. The predicted molar refractivity (Wildman–Crippen MR) is 96.8 cm³/mol. The molecule has 1 aliphatic heterocycles. The number of rotatable bonds is 4. The van der Waals surface area contributed by atoms with Gasteiger partial charge in [-0.25, -0.2) is 0 Å². The van der Waals surface area contributed by atoms with Gasteiger partial charge in [0.1, 0.15) is 18.0 Å². The Morgan fingerprint density at radius 2 is 1.46 bits per heavy atom. The summed E-state index contributed by atoms with van der Waals surface area (Å²) in [6.07, 6.45) is 3.98. The molecule has 3 aliphatic carbocycles. The van der Waals surface area contributed by atoms with Crippen LogP contribution in [0.2, 0.25) is 0 Å². The summed E-state index contributed by atoms with van der Waals surface area (Å²) in [6, 6.07) is 0. The van der Waals surface area contributed by atoms with Crippen LogP contribution in [-0.2, 0) is 23.7 Å². The zero-order valence-electron chi connectivity index (χ0n) is 17.3. The first-order chi connectivity index (χ1) is 12.0. The van der Waals surface area contributed by atoms with Crippen LogP contribution in [0.4, 0.5) is 0 Å². The van der Waals surface area contributed by atoms with Gasteiger partial charge in [0.05, 0.1) is 11.2 Å². The average Bonchev–Trinajstić information content (AvgIpc) is 3.12. The van der Waals surface area contributed by atoms with E-state index in [0.29, 0.717) is 18.1 Å². The fourth-order valence-electron chi connectivity index (χ4n) is 6.01. The molecule has 4 atom stereocenters. The van der Waals surface area contributed by atoms with E-state index in [1.165, 1.54) is 0 Å². The number of carbonyl (C=O) groups excluding carboxylic acids is 1. The normalized spacial score (nSPS) is 40.6. The lowest BCUT2D eigenvalue weighted by Gasteiger charge is -2.40. The minimum absolute atomic E-state index is 0.0773. The summed E-state index contributed by atoms with van der Waals surface area (Å²) in [6.45, 7) is 10.4. The van der Waals surface area contributed by atoms with Crippen molar-refractivity contribution in [2.24, 2.45) is 16.7 Å². The summed E-state index contributed by atoms with van der Waals surface area (Å²) < 4.78 is 25.1. The van der Waals surface area contributed by atoms with Gasteiger partial charge in [-0.1, -0.05) is 6.92 Å². The van der Waals surface area contributed by atoms with Gasteiger partial charge >= 0.3 is 0 Å². The Kier molecular flexibility index (Phi) is 3.85. The summed E-state index contributed by atoms with van der Waals surface area (Å²) >= 11 is 0. The first-order valence-corrected chi connectivity index (χ1v) is 9.97. The maximum Gasteiger partial charge on any atom is 0.175 e. The lowest BCUT2D eigenvalue weighted by Crippen LogP contribution is -2.53. The highest BCUT2D eigenvalue weighted by atomic mass is 16.8. The van der Waals surface area contributed by atoms with Crippen LogP contribution in [0.15, 0.2) is 0 Å². The van der Waals surface area contributed by atoms with Gasteiger partial charge in [-0.2, -0.15) is 0 Å². The van der Waals surface area contributed by atoms with Crippen LogP contribution in [0.3, 0.4) is 0 Å². The molecule has 0 aromatic rings. The van der Waals surface area contributed by atoms with Crippen molar-refractivity contribution in [2.75, 3.05) is 14.2 Å². The van der Waals surface area contributed by atoms with E-state index in [9.17, 15) is 4.79 Å². The number of fused-ring (bicyclic) bond motifs is 3. The highest BCUT2D eigenvalue weighted by molar-refractivity contribution is 5.91. The quantitative estimate of drug-likeness (QED) is 0.762. The third kappa shape index (κ3) is 2.15. The van der Waals surface area contributed by atoms with E-state index in [4.69, 9.17) is 18.9 Å². The standard InChI is InChI=1S/C21H34O5/c1-17(2,23-6)15-16(18(3,4)24-7)26-21(25-15)9-8-13-19(21,5)12-14(22)20(13)10-11-20/h13,15-16H,8-12H2,1-7H3/t13-,15-,16-,19-/m1/s1. The summed E-state index contributed by atoms with van der Waals surface area (Å²) in [5, 5.41) is 0. The minimum atomic E-state index is -0.722. The van der Waals surface area contributed by atoms with E-state index < -0.39 is 17.0 Å². The van der Waals surface area contributed by atoms with Crippen molar-refractivity contribution in [3.05, 3.63) is 0 Å². The maximum atomic E-state index is 12.8. The molecule has 0 bridgehead atoms. The molecule has 1 saturated heterocycles. The Balaban J connectivity index is 1.73. The Morgan fingerprint density at radius 1 is 0.962 bits per heavy atom. The molecule has 2 spiro atoms. The molecule has 0 amide bonds. The fourth-order valence-corrected chi connectivity index (χ4v) is 6.01. The van der Waals surface area contributed by atoms with Crippen LogP contribution < -0.4 is 0 Å². The minimum Gasteiger partial charge on any atom is -0.376 e. The van der Waals surface area contributed by atoms with Crippen LogP contribution in [0.5, 0.6) is 0 Å². The van der Waals surface area contributed by atoms with E-state index in [1.54, 1.807) is 14.2 Å². The van der Waals surface area contributed by atoms with Crippen LogP contribution in [0, 0.1) is 16.7 Å². The molecule has 0 N–H and O–H groups in total. The lowest BCUT2D eigenvalue weighted by atomic mass is 9.75. The van der Waals surface area contributed by atoms with Gasteiger partial charge in [0, 0.05) is 37.9 Å². The van der Waals surface area contributed by atoms with E-state index in [1.807, 2.05) is 27.7 Å². The Morgan fingerprint density at radius 3 is 1.88 bits per heavy atom. The SMILES string of the molecule is COC(C)(C)[C@@H]1OC2(CC[C@H]3C4(CC4)C(=O)C[C@]32C)O[C@H]1C(C)(C)OC. The molecule has 4 rings (SSSR count). The smallest absolute Gasteiger partial charge is 0.175 e. The number of carbonyl (C=O) groups is 1. The fraction of sp³-hybridized carbons (Fsp3) is 0.952. The number of hydrogen-bond donors (Lipinski definition) is 0. The molecule has 5 heteroatoms. The second-order valence-corrected chi connectivity index (χ2v) is 10.2. The van der Waals surface area contributed by atoms with Gasteiger partial charge in [-0.15, -0.1) is 0 Å². The van der Waals surface area contributed by atoms with Crippen LogP contribution in [0.1, 0.15) is 66.7 Å². The largest absolute Gasteiger partial charge is 0.376 e. The summed E-state index contributed by atoms with van der Waals surface area (Å²) in [5.74, 6) is 0.0758. The molecule has 0 aromatic carbocycles. The average molecular weight is 366 g/mol. The number of methoxy groups -OCH3 is 2. The number of Topliss-reactive ketones (excluding diaryl/α,β-unsaturated/α-hetero) is 1. The first-order valence-electron chi connectivity index (χ1n) is 9.97. The van der Waals surface area contributed by atoms with Crippen LogP contribution in [-0.4, -0.2) is 49.2 Å². The Bertz CT molecular complexity index is 596. The van der Waals surface area contributed by atoms with Crippen molar-refractivity contribution in [3.63, 3.8) is 0 Å². The van der Waals surface area contributed by atoms with E-state index >= 15 is 0 Å². The van der Waals surface area contributed by atoms with Crippen molar-refractivity contribution in [1.82, 2.24) is 0 Å². The molecule has 0 radical (unpaired) electrons. The molecule has 148 valence electrons. The van der Waals surface area contributed by atoms with E-state index in [0.717, 1.165) is 25.7 Å². The Hall–Kier alpha value is -0.490. The highest BCUT2D eigenvalue weighted by Gasteiger charge is 2.77. The molecule has 3 saturated carbocycles. The topological polar surface area (TPSA) is 54.0 Å². The molecular weight excluding hydrogens is 332 g/mol. The van der Waals surface area contributed by atoms with Crippen molar-refractivity contribution >= 4 is 5.78 Å². The van der Waals surface area contributed by atoms with E-state index in [-0.39, 0.29) is 23.0 Å². The Labute approximate surface area is 157 Å². The second kappa shape index (κ2) is 5.31. The molecule has 4 fully saturated rings. The predicted octanol–water partition coefficient (Wildman–Crippen LogP) is 3.49. The third-order valence-electron chi connectivity index (χ3n) is 8.27. The molecule has 26 heavy (non-hydrogen) atoms. The third-order valence-corrected chi connectivity index (χ3v) is 8.27. The summed E-state index contributed by atoms with van der Waals surface area (Å²) in [7, 11) is 3.42. The van der Waals surface area contributed by atoms with Gasteiger partial charge < -0.3 is 18.9 Å². The first kappa shape index (κ1) is 18.9. The van der Waals surface area contributed by atoms with Crippen molar-refractivity contribution in [1.29, 1.82) is 0 Å². The van der Waals surface area contributed by atoms with E-state index in [2.05, 4.69) is 6.92 Å². The molecule has 0 unspecified atom stereocenters. The zero-order chi connectivity index (χ0) is 19.2. The molecule has 0 aromatic heterocycles. The molecule has 1 heterocycles. The van der Waals surface area contributed by atoms with Crippen molar-refractivity contribution in [2.45, 2.75) is 95.9 Å². The van der Waals surface area contributed by atoms with Crippen molar-refractivity contribution < 1.29 is 23.7 Å². The molecule has 4 aliphatic rings. The van der Waals surface area contributed by atoms with Gasteiger partial charge in [-0.3, -0.25) is 4.79 Å². The number of ether oxygens (including phenoxy) is 4. The van der Waals surface area contributed by atoms with Gasteiger partial charge in [-0.05, 0) is 52.9 Å².